The normalized spacial score (nSPS) is 19.9. The van der Waals surface area contributed by atoms with Crippen LogP contribution in [-0.4, -0.2) is 42.8 Å². The van der Waals surface area contributed by atoms with Gasteiger partial charge in [-0.05, 0) is 53.9 Å². The van der Waals surface area contributed by atoms with Gasteiger partial charge in [0.1, 0.15) is 11.9 Å². The minimum absolute atomic E-state index is 0.100. The van der Waals surface area contributed by atoms with Crippen LogP contribution >= 0.6 is 22.9 Å². The van der Waals surface area contributed by atoms with Crippen molar-refractivity contribution in [3.8, 4) is 10.4 Å². The molecule has 1 aromatic heterocycles. The predicted molar refractivity (Wildman–Crippen MR) is 132 cm³/mol. The standard InChI is InChI=1S/C23H21ClFN3O5S2/c1-28-19(23(31)26-15-5-6-17(25)16(24)11-15)12-18(27-35(28,32)33)21-8-7-20(34-21)14-4-2-3-13(9-14)10-22(29)30/h2-9,11,18-19,27H,10,12H2,1H3,(H,26,31)(H,29,30). The fraction of sp³-hybridized carbons (Fsp3) is 0.217. The van der Waals surface area contributed by atoms with Crippen molar-refractivity contribution in [1.29, 1.82) is 0 Å². The number of rotatable bonds is 6. The molecular weight excluding hydrogens is 517 g/mol. The molecule has 1 aliphatic rings. The van der Waals surface area contributed by atoms with Crippen molar-refractivity contribution < 1.29 is 27.5 Å². The van der Waals surface area contributed by atoms with Gasteiger partial charge in [-0.25, -0.2) is 4.39 Å². The molecule has 2 unspecified atom stereocenters. The molecular formula is C23H21ClFN3O5S2. The topological polar surface area (TPSA) is 116 Å². The molecule has 1 amide bonds. The van der Waals surface area contributed by atoms with Gasteiger partial charge in [0.25, 0.3) is 10.2 Å². The number of nitrogens with zero attached hydrogens (tertiary/aromatic N) is 1. The fourth-order valence-corrected chi connectivity index (χ4v) is 6.39. The number of nitrogens with one attached hydrogen (secondary N) is 2. The van der Waals surface area contributed by atoms with Crippen molar-refractivity contribution in [3.63, 3.8) is 0 Å². The average Bonchev–Trinajstić information content (AvgIpc) is 3.28. The first-order valence-corrected chi connectivity index (χ1v) is 13.1. The van der Waals surface area contributed by atoms with Gasteiger partial charge in [-0.1, -0.05) is 29.8 Å². The van der Waals surface area contributed by atoms with E-state index in [1.165, 1.54) is 30.5 Å². The molecule has 2 atom stereocenters. The maximum atomic E-state index is 13.4. The van der Waals surface area contributed by atoms with E-state index in [-0.39, 0.29) is 23.6 Å². The van der Waals surface area contributed by atoms with Crippen molar-refractivity contribution in [3.05, 3.63) is 75.9 Å². The minimum atomic E-state index is -3.96. The Hall–Kier alpha value is -2.83. The zero-order chi connectivity index (χ0) is 25.3. The second kappa shape index (κ2) is 10.0. The molecule has 35 heavy (non-hydrogen) atoms. The van der Waals surface area contributed by atoms with Crippen LogP contribution < -0.4 is 10.0 Å². The summed E-state index contributed by atoms with van der Waals surface area (Å²) in [5, 5.41) is 11.5. The van der Waals surface area contributed by atoms with E-state index in [9.17, 15) is 22.4 Å². The van der Waals surface area contributed by atoms with E-state index in [4.69, 9.17) is 16.7 Å². The number of amides is 1. The van der Waals surface area contributed by atoms with Gasteiger partial charge < -0.3 is 10.4 Å². The number of benzene rings is 2. The maximum Gasteiger partial charge on any atom is 0.307 e. The maximum absolute atomic E-state index is 13.4. The summed E-state index contributed by atoms with van der Waals surface area (Å²) in [6.07, 6.45) is 0.0619. The highest BCUT2D eigenvalue weighted by Crippen LogP contribution is 2.36. The summed E-state index contributed by atoms with van der Waals surface area (Å²) in [5.41, 5.74) is 1.72. The van der Waals surface area contributed by atoms with Gasteiger partial charge in [0.15, 0.2) is 0 Å². The molecule has 1 fully saturated rings. The van der Waals surface area contributed by atoms with Crippen LogP contribution in [0.1, 0.15) is 22.9 Å². The lowest BCUT2D eigenvalue weighted by atomic mass is 10.0. The van der Waals surface area contributed by atoms with Crippen LogP contribution in [0, 0.1) is 5.82 Å². The monoisotopic (exact) mass is 537 g/mol. The Balaban J connectivity index is 1.56. The summed E-state index contributed by atoms with van der Waals surface area (Å²) in [6.45, 7) is 0. The largest absolute Gasteiger partial charge is 0.481 e. The van der Waals surface area contributed by atoms with Gasteiger partial charge in [-0.15, -0.1) is 11.3 Å². The number of thiophene rings is 1. The molecule has 184 valence electrons. The first-order chi connectivity index (χ1) is 16.5. The van der Waals surface area contributed by atoms with Crippen molar-refractivity contribution in [1.82, 2.24) is 9.03 Å². The molecule has 2 aromatic carbocycles. The number of hydrogen-bond donors (Lipinski definition) is 3. The van der Waals surface area contributed by atoms with E-state index in [0.717, 1.165) is 20.8 Å². The highest BCUT2D eigenvalue weighted by molar-refractivity contribution is 7.87. The highest BCUT2D eigenvalue weighted by Gasteiger charge is 2.41. The Kier molecular flexibility index (Phi) is 7.25. The van der Waals surface area contributed by atoms with Crippen LogP contribution in [0.15, 0.2) is 54.6 Å². The zero-order valence-corrected chi connectivity index (χ0v) is 20.8. The van der Waals surface area contributed by atoms with Gasteiger partial charge in [0.05, 0.1) is 17.5 Å². The molecule has 4 rings (SSSR count). The highest BCUT2D eigenvalue weighted by atomic mass is 35.5. The number of halogens is 2. The molecule has 0 bridgehead atoms. The van der Waals surface area contributed by atoms with E-state index in [0.29, 0.717) is 10.4 Å². The number of likely N-dealkylation sites (N-methyl/N-ethyl adjacent to an activating group) is 1. The van der Waals surface area contributed by atoms with Gasteiger partial charge in [0, 0.05) is 22.5 Å². The fourth-order valence-electron chi connectivity index (χ4n) is 3.80. The van der Waals surface area contributed by atoms with Crippen molar-refractivity contribution in [2.24, 2.45) is 0 Å². The van der Waals surface area contributed by atoms with E-state index >= 15 is 0 Å². The molecule has 0 aliphatic carbocycles. The molecule has 3 N–H and O–H groups in total. The summed E-state index contributed by atoms with van der Waals surface area (Å²) in [6, 6.07) is 12.8. The summed E-state index contributed by atoms with van der Waals surface area (Å²) in [5.74, 6) is -2.13. The molecule has 2 heterocycles. The number of carboxylic acids is 1. The number of carboxylic acid groups (broad SMARTS) is 1. The minimum Gasteiger partial charge on any atom is -0.481 e. The zero-order valence-electron chi connectivity index (χ0n) is 18.4. The third-order valence-corrected chi connectivity index (χ3v) is 8.73. The number of hydrogen-bond acceptors (Lipinski definition) is 5. The van der Waals surface area contributed by atoms with Gasteiger partial charge in [-0.3, -0.25) is 9.59 Å². The Morgan fingerprint density at radius 1 is 1.23 bits per heavy atom. The first-order valence-electron chi connectivity index (χ1n) is 10.5. The summed E-state index contributed by atoms with van der Waals surface area (Å²) in [4.78, 5) is 25.5. The molecule has 8 nitrogen and oxygen atoms in total. The molecule has 12 heteroatoms. The lowest BCUT2D eigenvalue weighted by Gasteiger charge is -2.35. The first kappa shape index (κ1) is 25.3. The Morgan fingerprint density at radius 2 is 2.00 bits per heavy atom. The van der Waals surface area contributed by atoms with Crippen molar-refractivity contribution >= 4 is 50.7 Å². The van der Waals surface area contributed by atoms with Crippen LogP contribution in [-0.2, 0) is 26.2 Å². The third-order valence-electron chi connectivity index (χ3n) is 5.60. The number of aliphatic carboxylic acids is 1. The molecule has 3 aromatic rings. The Labute approximate surface area is 210 Å². The van der Waals surface area contributed by atoms with Crippen LogP contribution in [0.5, 0.6) is 0 Å². The molecule has 0 spiro atoms. The number of carbonyl (C=O) groups excluding carboxylic acids is 1. The second-order valence-electron chi connectivity index (χ2n) is 8.03. The van der Waals surface area contributed by atoms with E-state index < -0.39 is 40.0 Å². The molecule has 0 radical (unpaired) electrons. The van der Waals surface area contributed by atoms with E-state index in [1.807, 2.05) is 12.1 Å². The Bertz CT molecular complexity index is 1400. The van der Waals surface area contributed by atoms with E-state index in [1.54, 1.807) is 24.3 Å². The molecule has 1 saturated heterocycles. The van der Waals surface area contributed by atoms with Crippen LogP contribution in [0.3, 0.4) is 0 Å². The van der Waals surface area contributed by atoms with Gasteiger partial charge >= 0.3 is 5.97 Å². The van der Waals surface area contributed by atoms with Gasteiger partial charge in [0.2, 0.25) is 5.91 Å². The van der Waals surface area contributed by atoms with E-state index in [2.05, 4.69) is 10.0 Å². The summed E-state index contributed by atoms with van der Waals surface area (Å²) >= 11 is 7.14. The van der Waals surface area contributed by atoms with Gasteiger partial charge in [-0.2, -0.15) is 17.4 Å². The number of anilines is 1. The smallest absolute Gasteiger partial charge is 0.307 e. The lowest BCUT2D eigenvalue weighted by Crippen LogP contribution is -2.55. The third kappa shape index (κ3) is 5.71. The second-order valence-corrected chi connectivity index (χ2v) is 11.3. The summed E-state index contributed by atoms with van der Waals surface area (Å²) in [7, 11) is -2.64. The quantitative estimate of drug-likeness (QED) is 0.438. The van der Waals surface area contributed by atoms with Crippen LogP contribution in [0.4, 0.5) is 10.1 Å². The molecule has 1 aliphatic heterocycles. The van der Waals surface area contributed by atoms with Crippen LogP contribution in [0.2, 0.25) is 5.02 Å². The van der Waals surface area contributed by atoms with Crippen LogP contribution in [0.25, 0.3) is 10.4 Å². The van der Waals surface area contributed by atoms with Crippen molar-refractivity contribution in [2.75, 3.05) is 12.4 Å². The average molecular weight is 538 g/mol. The number of carbonyl (C=O) groups is 2. The molecule has 0 saturated carbocycles. The SMILES string of the molecule is CN1C(C(=O)Nc2ccc(F)c(Cl)c2)CC(c2ccc(-c3cccc(CC(=O)O)c3)s2)NS1(=O)=O. The predicted octanol–water partition coefficient (Wildman–Crippen LogP) is 4.05. The van der Waals surface area contributed by atoms with Crippen molar-refractivity contribution in [2.45, 2.75) is 24.9 Å². The Morgan fingerprint density at radius 3 is 2.71 bits per heavy atom. The summed E-state index contributed by atoms with van der Waals surface area (Å²) < 4.78 is 42.5. The lowest BCUT2D eigenvalue weighted by molar-refractivity contribution is -0.136.